The minimum Gasteiger partial charge on any atom is -0.494 e. The molecule has 0 saturated carbocycles. The number of ether oxygens (including phenoxy) is 2. The zero-order valence-corrected chi connectivity index (χ0v) is 19.4. The molecule has 0 atom stereocenters. The molecule has 0 bridgehead atoms. The molecule has 0 saturated heterocycles. The van der Waals surface area contributed by atoms with E-state index in [4.69, 9.17) is 9.47 Å². The van der Waals surface area contributed by atoms with Gasteiger partial charge in [0.05, 0.1) is 17.7 Å². The van der Waals surface area contributed by atoms with Gasteiger partial charge in [-0.3, -0.25) is 9.59 Å². The predicted octanol–water partition coefficient (Wildman–Crippen LogP) is 3.23. The van der Waals surface area contributed by atoms with E-state index in [2.05, 4.69) is 17.0 Å². The molecule has 0 amide bonds. The van der Waals surface area contributed by atoms with E-state index in [1.807, 2.05) is 55.5 Å². The third-order valence-electron chi connectivity index (χ3n) is 4.87. The predicted molar refractivity (Wildman–Crippen MR) is 129 cm³/mol. The zero-order valence-electron chi connectivity index (χ0n) is 18.6. The molecule has 8 heteroatoms. The topological polar surface area (TPSA) is 82.8 Å². The van der Waals surface area contributed by atoms with E-state index in [-0.39, 0.29) is 22.6 Å². The first-order valence-corrected chi connectivity index (χ1v) is 11.8. The first kappa shape index (κ1) is 22.7. The van der Waals surface area contributed by atoms with Gasteiger partial charge >= 0.3 is 0 Å². The molecular formula is C25H25N3O4S. The molecule has 0 unspecified atom stereocenters. The molecule has 4 aromatic rings. The Bertz CT molecular complexity index is 1390. The van der Waals surface area contributed by atoms with Gasteiger partial charge in [-0.05, 0) is 54.3 Å². The van der Waals surface area contributed by atoms with E-state index >= 15 is 0 Å². The lowest BCUT2D eigenvalue weighted by molar-refractivity contribution is 0.317. The summed E-state index contributed by atoms with van der Waals surface area (Å²) in [6.45, 7) is 5.42. The molecule has 0 radical (unpaired) electrons. The van der Waals surface area contributed by atoms with Crippen molar-refractivity contribution in [1.29, 1.82) is 0 Å². The van der Waals surface area contributed by atoms with Crippen LogP contribution in [0.3, 0.4) is 0 Å². The summed E-state index contributed by atoms with van der Waals surface area (Å²) in [7, 11) is 0. The van der Waals surface area contributed by atoms with Crippen LogP contribution in [0.25, 0.3) is 11.0 Å². The molecule has 0 aliphatic rings. The number of fused-ring (bicyclic) bond motifs is 1. The van der Waals surface area contributed by atoms with Crippen molar-refractivity contribution in [3.8, 4) is 11.5 Å². The summed E-state index contributed by atoms with van der Waals surface area (Å²) < 4.78 is 12.9. The minimum atomic E-state index is -0.425. The van der Waals surface area contributed by atoms with E-state index in [9.17, 15) is 9.59 Å². The van der Waals surface area contributed by atoms with Crippen LogP contribution in [0.5, 0.6) is 11.5 Å². The van der Waals surface area contributed by atoms with Crippen LogP contribution in [-0.2, 0) is 6.42 Å². The van der Waals surface area contributed by atoms with Crippen LogP contribution in [0.1, 0.15) is 43.5 Å². The van der Waals surface area contributed by atoms with Gasteiger partial charge in [0.15, 0.2) is 0 Å². The molecule has 0 fully saturated rings. The summed E-state index contributed by atoms with van der Waals surface area (Å²) in [6.07, 6.45) is 3.93. The maximum Gasteiger partial charge on any atom is 0.296 e. The Labute approximate surface area is 195 Å². The molecule has 33 heavy (non-hydrogen) atoms. The monoisotopic (exact) mass is 463 g/mol. The Hall–Kier alpha value is -3.52. The summed E-state index contributed by atoms with van der Waals surface area (Å²) in [5, 5.41) is 4.32. The van der Waals surface area contributed by atoms with Crippen LogP contribution < -0.4 is 25.1 Å². The standard InChI is InChI=1S/C25H25N3O4S/c1-3-13-31-19-9-5-17(6-10-19)15-21-23(29)26-25-28(27-21)24(30)22(33-25)16-18-7-11-20(12-8-18)32-14-4-2/h5-12,16H,3-4,13-15H2,1-2H3/b22-16+. The highest BCUT2D eigenvalue weighted by atomic mass is 32.1. The molecule has 2 aromatic carbocycles. The van der Waals surface area contributed by atoms with Gasteiger partial charge < -0.3 is 9.47 Å². The van der Waals surface area contributed by atoms with Crippen LogP contribution in [0, 0.1) is 0 Å². The fourth-order valence-electron chi connectivity index (χ4n) is 3.20. The normalized spacial score (nSPS) is 11.8. The maximum atomic E-state index is 12.9. The molecule has 0 spiro atoms. The van der Waals surface area contributed by atoms with Gasteiger partial charge in [-0.2, -0.15) is 14.6 Å². The molecular weight excluding hydrogens is 438 g/mol. The summed E-state index contributed by atoms with van der Waals surface area (Å²) >= 11 is 1.15. The molecule has 0 aliphatic carbocycles. The van der Waals surface area contributed by atoms with Crippen LogP contribution in [0.4, 0.5) is 0 Å². The van der Waals surface area contributed by atoms with Crippen molar-refractivity contribution < 1.29 is 9.47 Å². The molecule has 2 aromatic heterocycles. The molecule has 170 valence electrons. The van der Waals surface area contributed by atoms with Crippen molar-refractivity contribution >= 4 is 22.4 Å². The van der Waals surface area contributed by atoms with Gasteiger partial charge in [-0.15, -0.1) is 0 Å². The van der Waals surface area contributed by atoms with Crippen molar-refractivity contribution in [3.63, 3.8) is 0 Å². The fourth-order valence-corrected chi connectivity index (χ4v) is 4.10. The van der Waals surface area contributed by atoms with Crippen LogP contribution in [0.2, 0.25) is 0 Å². The van der Waals surface area contributed by atoms with Crippen molar-refractivity contribution in [2.45, 2.75) is 33.1 Å². The van der Waals surface area contributed by atoms with Crippen molar-refractivity contribution in [2.75, 3.05) is 13.2 Å². The average Bonchev–Trinajstić information content (AvgIpc) is 3.12. The maximum absolute atomic E-state index is 12.9. The third kappa shape index (κ3) is 5.46. The van der Waals surface area contributed by atoms with E-state index in [0.29, 0.717) is 17.7 Å². The van der Waals surface area contributed by atoms with Gasteiger partial charge in [-0.25, -0.2) is 0 Å². The summed E-state index contributed by atoms with van der Waals surface area (Å²) in [6, 6.07) is 15.0. The summed E-state index contributed by atoms with van der Waals surface area (Å²) in [4.78, 5) is 29.8. The lowest BCUT2D eigenvalue weighted by Crippen LogP contribution is -2.28. The first-order chi connectivity index (χ1) is 16.1. The first-order valence-electron chi connectivity index (χ1n) is 11.0. The number of nitrogens with zero attached hydrogens (tertiary/aromatic N) is 3. The highest BCUT2D eigenvalue weighted by molar-refractivity contribution is 7.15. The van der Waals surface area contributed by atoms with Gasteiger partial charge in [-0.1, -0.05) is 49.4 Å². The molecule has 4 rings (SSSR count). The Morgan fingerprint density at radius 3 is 2.12 bits per heavy atom. The van der Waals surface area contributed by atoms with Crippen molar-refractivity contribution in [1.82, 2.24) is 14.6 Å². The van der Waals surface area contributed by atoms with Gasteiger partial charge in [0, 0.05) is 6.42 Å². The number of thiazole rings is 1. The van der Waals surface area contributed by atoms with Crippen molar-refractivity contribution in [3.05, 3.63) is 90.6 Å². The highest BCUT2D eigenvalue weighted by Crippen LogP contribution is 2.15. The average molecular weight is 464 g/mol. The molecule has 0 aliphatic heterocycles. The number of hydrogen-bond donors (Lipinski definition) is 0. The Morgan fingerprint density at radius 2 is 1.52 bits per heavy atom. The Kier molecular flexibility index (Phi) is 7.14. The number of benzene rings is 2. The number of rotatable bonds is 9. The van der Waals surface area contributed by atoms with E-state index in [1.165, 1.54) is 4.52 Å². The SMILES string of the molecule is CCCOc1ccc(/C=c2/sc3nc(=O)c(Cc4ccc(OCCC)cc4)nn3c2=O)cc1. The third-order valence-corrected chi connectivity index (χ3v) is 5.83. The van der Waals surface area contributed by atoms with E-state index < -0.39 is 5.56 Å². The molecule has 0 N–H and O–H groups in total. The summed E-state index contributed by atoms with van der Waals surface area (Å²) in [5.74, 6) is 1.57. The highest BCUT2D eigenvalue weighted by Gasteiger charge is 2.12. The lowest BCUT2D eigenvalue weighted by Gasteiger charge is -2.05. The largest absolute Gasteiger partial charge is 0.494 e. The Balaban J connectivity index is 1.60. The zero-order chi connectivity index (χ0) is 23.2. The Morgan fingerprint density at radius 1 is 0.909 bits per heavy atom. The molecule has 2 heterocycles. The lowest BCUT2D eigenvalue weighted by atomic mass is 10.1. The second-order valence-corrected chi connectivity index (χ2v) is 8.57. The fraction of sp³-hybridized carbons (Fsp3) is 0.280. The quantitative estimate of drug-likeness (QED) is 0.379. The van der Waals surface area contributed by atoms with Gasteiger partial charge in [0.25, 0.3) is 11.1 Å². The second-order valence-electron chi connectivity index (χ2n) is 7.56. The molecule has 7 nitrogen and oxygen atoms in total. The van der Waals surface area contributed by atoms with Crippen LogP contribution >= 0.6 is 11.3 Å². The van der Waals surface area contributed by atoms with E-state index in [1.54, 1.807) is 6.08 Å². The van der Waals surface area contributed by atoms with Gasteiger partial charge in [0.1, 0.15) is 17.2 Å². The van der Waals surface area contributed by atoms with Crippen molar-refractivity contribution in [2.24, 2.45) is 0 Å². The van der Waals surface area contributed by atoms with E-state index in [0.717, 1.165) is 46.8 Å². The second kappa shape index (κ2) is 10.4. The minimum absolute atomic E-state index is 0.230. The van der Waals surface area contributed by atoms with Gasteiger partial charge in [0.2, 0.25) is 4.96 Å². The number of aromatic nitrogens is 3. The van der Waals surface area contributed by atoms with Crippen LogP contribution in [-0.4, -0.2) is 27.8 Å². The van der Waals surface area contributed by atoms with Crippen LogP contribution in [0.15, 0.2) is 58.1 Å². The summed E-state index contributed by atoms with van der Waals surface area (Å²) in [5.41, 5.74) is 1.26. The smallest absolute Gasteiger partial charge is 0.296 e. The number of hydrogen-bond acceptors (Lipinski definition) is 7.